The van der Waals surface area contributed by atoms with Crippen molar-refractivity contribution in [3.63, 3.8) is 0 Å². The van der Waals surface area contributed by atoms with Crippen LogP contribution in [0.3, 0.4) is 0 Å². The van der Waals surface area contributed by atoms with Crippen LogP contribution in [0.5, 0.6) is 5.75 Å². The van der Waals surface area contributed by atoms with Gasteiger partial charge in [-0.25, -0.2) is 0 Å². The zero-order valence-electron chi connectivity index (χ0n) is 17.2. The van der Waals surface area contributed by atoms with Crippen molar-refractivity contribution in [1.82, 2.24) is 9.88 Å². The Balaban J connectivity index is 1.41. The number of benzene rings is 1. The van der Waals surface area contributed by atoms with Crippen LogP contribution in [0.1, 0.15) is 36.2 Å². The predicted molar refractivity (Wildman–Crippen MR) is 116 cm³/mol. The Morgan fingerprint density at radius 1 is 0.897 bits per heavy atom. The van der Waals surface area contributed by atoms with Gasteiger partial charge in [-0.05, 0) is 37.1 Å². The number of anilines is 2. The molecule has 0 N–H and O–H groups in total. The number of hydrogen-bond donors (Lipinski definition) is 0. The smallest absolute Gasteiger partial charge is 0.272 e. The molecule has 6 nitrogen and oxygen atoms in total. The second kappa shape index (κ2) is 9.16. The molecule has 0 aliphatic carbocycles. The Labute approximate surface area is 173 Å². The predicted octanol–water partition coefficient (Wildman–Crippen LogP) is 3.43. The van der Waals surface area contributed by atoms with E-state index in [0.717, 1.165) is 43.3 Å². The lowest BCUT2D eigenvalue weighted by Crippen LogP contribution is -2.49. The highest BCUT2D eigenvalue weighted by Gasteiger charge is 2.25. The number of rotatable bonds is 4. The molecule has 1 aromatic carbocycles. The first-order valence-corrected chi connectivity index (χ1v) is 10.6. The zero-order chi connectivity index (χ0) is 20.1. The third kappa shape index (κ3) is 4.47. The number of amides is 1. The van der Waals surface area contributed by atoms with E-state index < -0.39 is 0 Å². The minimum Gasteiger partial charge on any atom is -0.495 e. The molecule has 3 heterocycles. The fourth-order valence-corrected chi connectivity index (χ4v) is 4.27. The SMILES string of the molecule is COc1ccccc1N1CCN(C(=O)c2cc(N3CCCCCC3)ccn2)CC1. The lowest BCUT2D eigenvalue weighted by molar-refractivity contribution is 0.0741. The molecule has 0 radical (unpaired) electrons. The molecule has 29 heavy (non-hydrogen) atoms. The second-order valence-electron chi connectivity index (χ2n) is 7.75. The Morgan fingerprint density at radius 3 is 2.34 bits per heavy atom. The van der Waals surface area contributed by atoms with Gasteiger partial charge >= 0.3 is 0 Å². The molecule has 2 aromatic rings. The van der Waals surface area contributed by atoms with Crippen molar-refractivity contribution in [1.29, 1.82) is 0 Å². The Morgan fingerprint density at radius 2 is 1.62 bits per heavy atom. The Kier molecular flexibility index (Phi) is 6.17. The van der Waals surface area contributed by atoms with Crippen molar-refractivity contribution in [3.05, 3.63) is 48.3 Å². The van der Waals surface area contributed by atoms with Crippen LogP contribution in [-0.2, 0) is 0 Å². The van der Waals surface area contributed by atoms with Gasteiger partial charge in [-0.2, -0.15) is 0 Å². The quantitative estimate of drug-likeness (QED) is 0.795. The first-order chi connectivity index (χ1) is 14.3. The van der Waals surface area contributed by atoms with Crippen molar-refractivity contribution in [2.75, 3.05) is 56.2 Å². The molecule has 2 saturated heterocycles. The summed E-state index contributed by atoms with van der Waals surface area (Å²) in [6, 6.07) is 12.0. The number of aromatic nitrogens is 1. The van der Waals surface area contributed by atoms with E-state index in [1.54, 1.807) is 13.3 Å². The van der Waals surface area contributed by atoms with Crippen molar-refractivity contribution in [3.8, 4) is 5.75 Å². The van der Waals surface area contributed by atoms with E-state index in [1.807, 2.05) is 35.2 Å². The minimum atomic E-state index is 0.0290. The van der Waals surface area contributed by atoms with Crippen LogP contribution in [0.25, 0.3) is 0 Å². The van der Waals surface area contributed by atoms with Crippen molar-refractivity contribution >= 4 is 17.3 Å². The average Bonchev–Trinajstić information content (AvgIpc) is 3.08. The summed E-state index contributed by atoms with van der Waals surface area (Å²) in [6.07, 6.45) is 6.80. The summed E-state index contributed by atoms with van der Waals surface area (Å²) >= 11 is 0. The van der Waals surface area contributed by atoms with Gasteiger partial charge in [-0.15, -0.1) is 0 Å². The highest BCUT2D eigenvalue weighted by atomic mass is 16.5. The number of piperazine rings is 1. The molecule has 2 fully saturated rings. The molecule has 0 spiro atoms. The van der Waals surface area contributed by atoms with E-state index >= 15 is 0 Å². The lowest BCUT2D eigenvalue weighted by Gasteiger charge is -2.36. The molecule has 2 aliphatic heterocycles. The maximum absolute atomic E-state index is 13.1. The molecule has 154 valence electrons. The lowest BCUT2D eigenvalue weighted by atomic mass is 10.2. The van der Waals surface area contributed by atoms with Crippen molar-refractivity contribution in [2.45, 2.75) is 25.7 Å². The number of pyridine rings is 1. The molecule has 0 bridgehead atoms. The van der Waals surface area contributed by atoms with E-state index in [9.17, 15) is 4.79 Å². The molecule has 1 amide bonds. The first-order valence-electron chi connectivity index (χ1n) is 10.6. The Bertz CT molecular complexity index is 825. The molecule has 0 atom stereocenters. The highest BCUT2D eigenvalue weighted by Crippen LogP contribution is 2.28. The standard InChI is InChI=1S/C23H30N4O2/c1-29-22-9-5-4-8-21(22)26-14-16-27(17-15-26)23(28)20-18-19(10-11-24-20)25-12-6-2-3-7-13-25/h4-5,8-11,18H,2-3,6-7,12-17H2,1H3. The van der Waals surface area contributed by atoms with Gasteiger partial charge in [0.05, 0.1) is 12.8 Å². The zero-order valence-corrected chi connectivity index (χ0v) is 17.2. The average molecular weight is 395 g/mol. The molecule has 4 rings (SSSR count). The van der Waals surface area contributed by atoms with Gasteiger partial charge in [0.2, 0.25) is 0 Å². The number of ether oxygens (including phenoxy) is 1. The Hall–Kier alpha value is -2.76. The monoisotopic (exact) mass is 394 g/mol. The third-order valence-electron chi connectivity index (χ3n) is 5.93. The summed E-state index contributed by atoms with van der Waals surface area (Å²) in [5, 5.41) is 0. The fourth-order valence-electron chi connectivity index (χ4n) is 4.27. The number of methoxy groups -OCH3 is 1. The van der Waals surface area contributed by atoms with E-state index in [1.165, 1.54) is 25.7 Å². The number of carbonyl (C=O) groups is 1. The molecule has 0 unspecified atom stereocenters. The van der Waals surface area contributed by atoms with Crippen LogP contribution in [-0.4, -0.2) is 62.2 Å². The van der Waals surface area contributed by atoms with Crippen LogP contribution < -0.4 is 14.5 Å². The number of para-hydroxylation sites is 2. The van der Waals surface area contributed by atoms with Crippen molar-refractivity contribution in [2.24, 2.45) is 0 Å². The number of nitrogens with zero attached hydrogens (tertiary/aromatic N) is 4. The van der Waals surface area contributed by atoms with E-state index in [2.05, 4.69) is 20.9 Å². The van der Waals surface area contributed by atoms with Crippen LogP contribution >= 0.6 is 0 Å². The summed E-state index contributed by atoms with van der Waals surface area (Å²) in [5.74, 6) is 0.903. The van der Waals surface area contributed by atoms with Gasteiger partial charge in [0.25, 0.3) is 5.91 Å². The van der Waals surface area contributed by atoms with Crippen LogP contribution in [0.2, 0.25) is 0 Å². The van der Waals surface area contributed by atoms with Gasteiger partial charge < -0.3 is 19.4 Å². The molecule has 0 saturated carbocycles. The molecular formula is C23H30N4O2. The van der Waals surface area contributed by atoms with Crippen LogP contribution in [0, 0.1) is 0 Å². The fraction of sp³-hybridized carbons (Fsp3) is 0.478. The number of hydrogen-bond acceptors (Lipinski definition) is 5. The van der Waals surface area contributed by atoms with E-state index in [-0.39, 0.29) is 5.91 Å². The minimum absolute atomic E-state index is 0.0290. The van der Waals surface area contributed by atoms with E-state index in [0.29, 0.717) is 18.8 Å². The molecule has 6 heteroatoms. The summed E-state index contributed by atoms with van der Waals surface area (Å²) in [7, 11) is 1.70. The van der Waals surface area contributed by atoms with Gasteiger partial charge in [-0.1, -0.05) is 25.0 Å². The normalized spacial score (nSPS) is 17.8. The van der Waals surface area contributed by atoms with Crippen molar-refractivity contribution < 1.29 is 9.53 Å². The summed E-state index contributed by atoms with van der Waals surface area (Å²) in [5.41, 5.74) is 2.76. The van der Waals surface area contributed by atoms with Gasteiger partial charge in [0.15, 0.2) is 0 Å². The van der Waals surface area contributed by atoms with Crippen LogP contribution in [0.15, 0.2) is 42.6 Å². The largest absolute Gasteiger partial charge is 0.495 e. The third-order valence-corrected chi connectivity index (χ3v) is 5.93. The second-order valence-corrected chi connectivity index (χ2v) is 7.75. The maximum atomic E-state index is 13.1. The van der Waals surface area contributed by atoms with Crippen LogP contribution in [0.4, 0.5) is 11.4 Å². The first kappa shape index (κ1) is 19.6. The molecule has 1 aromatic heterocycles. The van der Waals surface area contributed by atoms with Gasteiger partial charge in [-0.3, -0.25) is 9.78 Å². The summed E-state index contributed by atoms with van der Waals surface area (Å²) < 4.78 is 5.48. The molecular weight excluding hydrogens is 364 g/mol. The van der Waals surface area contributed by atoms with Gasteiger partial charge in [0, 0.05) is 51.2 Å². The maximum Gasteiger partial charge on any atom is 0.272 e. The van der Waals surface area contributed by atoms with Gasteiger partial charge in [0.1, 0.15) is 11.4 Å². The number of carbonyl (C=O) groups excluding carboxylic acids is 1. The topological polar surface area (TPSA) is 48.9 Å². The highest BCUT2D eigenvalue weighted by molar-refractivity contribution is 5.93. The summed E-state index contributed by atoms with van der Waals surface area (Å²) in [4.78, 5) is 24.0. The molecule has 2 aliphatic rings. The van der Waals surface area contributed by atoms with E-state index in [4.69, 9.17) is 4.74 Å². The summed E-state index contributed by atoms with van der Waals surface area (Å²) in [6.45, 7) is 5.08.